The summed E-state index contributed by atoms with van der Waals surface area (Å²) in [5.74, 6) is 0.852. The van der Waals surface area contributed by atoms with Crippen LogP contribution < -0.4 is 10.6 Å². The standard InChI is InChI=1S/C19H27N5OS/c1-23(10-16(20)25)12-6-8-13(9-7-12)24(2)18-17-14-4-3-5-15(14)26-19(17)22-11-21-18/h11-13H,3-10H2,1-2H3,(H2,20,25)/t12-,13-. The van der Waals surface area contributed by atoms with Gasteiger partial charge in [0.05, 0.1) is 11.9 Å². The summed E-state index contributed by atoms with van der Waals surface area (Å²) in [5, 5.41) is 1.29. The molecular weight excluding hydrogens is 346 g/mol. The zero-order chi connectivity index (χ0) is 18.3. The van der Waals surface area contributed by atoms with Crippen molar-refractivity contribution in [3.63, 3.8) is 0 Å². The van der Waals surface area contributed by atoms with E-state index in [9.17, 15) is 4.79 Å². The van der Waals surface area contributed by atoms with Gasteiger partial charge in [0.1, 0.15) is 17.0 Å². The molecule has 0 aromatic carbocycles. The van der Waals surface area contributed by atoms with Crippen molar-refractivity contribution < 1.29 is 4.79 Å². The number of thiophene rings is 1. The number of nitrogens with zero attached hydrogens (tertiary/aromatic N) is 4. The predicted molar refractivity (Wildman–Crippen MR) is 106 cm³/mol. The van der Waals surface area contributed by atoms with E-state index in [0.717, 1.165) is 42.8 Å². The number of hydrogen-bond donors (Lipinski definition) is 1. The van der Waals surface area contributed by atoms with Gasteiger partial charge < -0.3 is 10.6 Å². The molecule has 4 rings (SSSR count). The van der Waals surface area contributed by atoms with Crippen molar-refractivity contribution in [2.24, 2.45) is 5.73 Å². The second-order valence-electron chi connectivity index (χ2n) is 7.69. The van der Waals surface area contributed by atoms with Crippen molar-refractivity contribution in [2.75, 3.05) is 25.5 Å². The molecule has 7 heteroatoms. The van der Waals surface area contributed by atoms with Gasteiger partial charge in [-0.15, -0.1) is 11.3 Å². The van der Waals surface area contributed by atoms with E-state index in [4.69, 9.17) is 5.73 Å². The zero-order valence-corrected chi connectivity index (χ0v) is 16.4. The Morgan fingerprint density at radius 3 is 2.65 bits per heavy atom. The molecule has 0 atom stereocenters. The highest BCUT2D eigenvalue weighted by Crippen LogP contribution is 2.41. The molecule has 26 heavy (non-hydrogen) atoms. The van der Waals surface area contributed by atoms with Crippen LogP contribution in [0, 0.1) is 0 Å². The lowest BCUT2D eigenvalue weighted by Gasteiger charge is -2.38. The van der Waals surface area contributed by atoms with Gasteiger partial charge in [-0.1, -0.05) is 0 Å². The Hall–Kier alpha value is -1.73. The number of rotatable bonds is 5. The summed E-state index contributed by atoms with van der Waals surface area (Å²) in [6, 6.07) is 0.936. The van der Waals surface area contributed by atoms with Gasteiger partial charge in [-0.2, -0.15) is 0 Å². The van der Waals surface area contributed by atoms with Gasteiger partial charge in [0.15, 0.2) is 0 Å². The maximum Gasteiger partial charge on any atom is 0.231 e. The first kappa shape index (κ1) is 17.7. The van der Waals surface area contributed by atoms with Crippen molar-refractivity contribution in [1.29, 1.82) is 0 Å². The van der Waals surface area contributed by atoms with E-state index in [-0.39, 0.29) is 5.91 Å². The molecule has 2 aliphatic rings. The Labute approximate surface area is 158 Å². The third-order valence-corrected chi connectivity index (χ3v) is 7.26. The van der Waals surface area contributed by atoms with Crippen molar-refractivity contribution in [1.82, 2.24) is 14.9 Å². The number of hydrogen-bond acceptors (Lipinski definition) is 6. The van der Waals surface area contributed by atoms with E-state index < -0.39 is 0 Å². The Morgan fingerprint density at radius 2 is 1.92 bits per heavy atom. The van der Waals surface area contributed by atoms with Gasteiger partial charge in [-0.25, -0.2) is 9.97 Å². The highest BCUT2D eigenvalue weighted by atomic mass is 32.1. The Balaban J connectivity index is 1.50. The fraction of sp³-hybridized carbons (Fsp3) is 0.632. The van der Waals surface area contributed by atoms with Crippen LogP contribution in [0.15, 0.2) is 6.33 Å². The lowest BCUT2D eigenvalue weighted by molar-refractivity contribution is -0.119. The van der Waals surface area contributed by atoms with Gasteiger partial charge in [0, 0.05) is 24.0 Å². The predicted octanol–water partition coefficient (Wildman–Crippen LogP) is 2.34. The van der Waals surface area contributed by atoms with Crippen molar-refractivity contribution >= 4 is 33.3 Å². The van der Waals surface area contributed by atoms with E-state index in [1.807, 2.05) is 18.4 Å². The Bertz CT molecular complexity index is 812. The Morgan fingerprint density at radius 1 is 1.19 bits per heavy atom. The minimum atomic E-state index is -0.249. The molecule has 0 unspecified atom stereocenters. The number of carbonyl (C=O) groups excluding carboxylic acids is 1. The molecule has 0 spiro atoms. The van der Waals surface area contributed by atoms with E-state index >= 15 is 0 Å². The normalized spacial score (nSPS) is 22.7. The van der Waals surface area contributed by atoms with Crippen LogP contribution in [0.1, 0.15) is 42.5 Å². The zero-order valence-electron chi connectivity index (χ0n) is 15.6. The van der Waals surface area contributed by atoms with Crippen LogP contribution in [0.2, 0.25) is 0 Å². The van der Waals surface area contributed by atoms with E-state index in [1.165, 1.54) is 28.7 Å². The molecule has 0 aliphatic heterocycles. The molecule has 2 heterocycles. The first-order valence-corrected chi connectivity index (χ1v) is 10.3. The van der Waals surface area contributed by atoms with Crippen LogP contribution in [0.5, 0.6) is 0 Å². The number of fused-ring (bicyclic) bond motifs is 3. The molecule has 140 valence electrons. The average molecular weight is 374 g/mol. The van der Waals surface area contributed by atoms with Crippen LogP contribution in [0.3, 0.4) is 0 Å². The van der Waals surface area contributed by atoms with Gasteiger partial charge in [-0.3, -0.25) is 9.69 Å². The number of likely N-dealkylation sites (N-methyl/N-ethyl adjacent to an activating group) is 1. The van der Waals surface area contributed by atoms with Gasteiger partial charge in [-0.05, 0) is 57.6 Å². The molecule has 1 amide bonds. The summed E-state index contributed by atoms with van der Waals surface area (Å²) in [7, 11) is 4.18. The second kappa shape index (κ2) is 7.12. The molecule has 1 saturated carbocycles. The lowest BCUT2D eigenvalue weighted by Crippen LogP contribution is -2.44. The first-order chi connectivity index (χ1) is 12.5. The molecule has 2 aromatic heterocycles. The van der Waals surface area contributed by atoms with Crippen LogP contribution >= 0.6 is 11.3 Å². The third-order valence-electron chi connectivity index (χ3n) is 6.06. The SMILES string of the molecule is CN(CC(N)=O)[C@H]1CC[C@H](N(C)c2ncnc3sc4c(c23)CCC4)CC1. The molecule has 6 nitrogen and oxygen atoms in total. The van der Waals surface area contributed by atoms with E-state index in [0.29, 0.717) is 18.6 Å². The molecule has 2 N–H and O–H groups in total. The highest BCUT2D eigenvalue weighted by molar-refractivity contribution is 7.19. The molecule has 2 aliphatic carbocycles. The summed E-state index contributed by atoms with van der Waals surface area (Å²) in [6.45, 7) is 0.346. The number of aryl methyl sites for hydroxylation is 2. The van der Waals surface area contributed by atoms with Crippen LogP contribution in [-0.2, 0) is 17.6 Å². The Kier molecular flexibility index (Phi) is 4.84. The van der Waals surface area contributed by atoms with Crippen LogP contribution in [0.25, 0.3) is 10.2 Å². The van der Waals surface area contributed by atoms with Crippen molar-refractivity contribution in [3.05, 3.63) is 16.8 Å². The number of nitrogens with two attached hydrogens (primary N) is 1. The summed E-state index contributed by atoms with van der Waals surface area (Å²) in [5.41, 5.74) is 6.83. The highest BCUT2D eigenvalue weighted by Gasteiger charge is 2.29. The fourth-order valence-corrected chi connectivity index (χ4v) is 5.84. The number of aromatic nitrogens is 2. The second-order valence-corrected chi connectivity index (χ2v) is 8.77. The smallest absolute Gasteiger partial charge is 0.231 e. The number of amides is 1. The topological polar surface area (TPSA) is 75.3 Å². The summed E-state index contributed by atoms with van der Waals surface area (Å²) in [4.78, 5) is 27.5. The van der Waals surface area contributed by atoms with E-state index in [2.05, 4.69) is 26.8 Å². The number of carbonyl (C=O) groups is 1. The summed E-state index contributed by atoms with van der Waals surface area (Å²) >= 11 is 1.85. The monoisotopic (exact) mass is 373 g/mol. The van der Waals surface area contributed by atoms with Gasteiger partial charge in [0.2, 0.25) is 5.91 Å². The maximum absolute atomic E-state index is 11.2. The van der Waals surface area contributed by atoms with Crippen molar-refractivity contribution in [3.8, 4) is 0 Å². The summed E-state index contributed by atoms with van der Waals surface area (Å²) < 4.78 is 0. The quantitative estimate of drug-likeness (QED) is 0.871. The fourth-order valence-electron chi connectivity index (χ4n) is 4.61. The molecule has 0 bridgehead atoms. The number of primary amides is 1. The lowest BCUT2D eigenvalue weighted by atomic mass is 9.89. The molecule has 0 radical (unpaired) electrons. The molecule has 1 fully saturated rings. The van der Waals surface area contributed by atoms with Gasteiger partial charge >= 0.3 is 0 Å². The molecule has 0 saturated heterocycles. The van der Waals surface area contributed by atoms with Gasteiger partial charge in [0.25, 0.3) is 0 Å². The molecule has 2 aromatic rings. The third kappa shape index (κ3) is 3.18. The summed E-state index contributed by atoms with van der Waals surface area (Å²) in [6.07, 6.45) is 9.73. The minimum Gasteiger partial charge on any atom is -0.369 e. The largest absolute Gasteiger partial charge is 0.369 e. The maximum atomic E-state index is 11.2. The van der Waals surface area contributed by atoms with E-state index in [1.54, 1.807) is 6.33 Å². The van der Waals surface area contributed by atoms with Crippen LogP contribution in [-0.4, -0.2) is 53.5 Å². The average Bonchev–Trinajstić information content (AvgIpc) is 3.21. The minimum absolute atomic E-state index is 0.249. The van der Waals surface area contributed by atoms with Crippen molar-refractivity contribution in [2.45, 2.75) is 57.0 Å². The molecular formula is C19H27N5OS. The first-order valence-electron chi connectivity index (χ1n) is 9.51. The number of anilines is 1. The van der Waals surface area contributed by atoms with Crippen LogP contribution in [0.4, 0.5) is 5.82 Å².